The summed E-state index contributed by atoms with van der Waals surface area (Å²) in [6.07, 6.45) is 16.4. The van der Waals surface area contributed by atoms with Gasteiger partial charge in [-0.25, -0.2) is 0 Å². The molecular formula is C16H26S. The summed E-state index contributed by atoms with van der Waals surface area (Å²) in [6, 6.07) is 0. The van der Waals surface area contributed by atoms with Crippen molar-refractivity contribution < 1.29 is 0 Å². The van der Waals surface area contributed by atoms with Crippen molar-refractivity contribution in [2.75, 3.05) is 18.3 Å². The lowest BCUT2D eigenvalue weighted by molar-refractivity contribution is 0.148. The molecule has 4 aliphatic rings. The lowest BCUT2D eigenvalue weighted by Crippen LogP contribution is -2.31. The highest BCUT2D eigenvalue weighted by Crippen LogP contribution is 2.67. The number of allylic oxidation sites excluding steroid dienone is 2. The van der Waals surface area contributed by atoms with E-state index in [2.05, 4.69) is 24.7 Å². The summed E-state index contributed by atoms with van der Waals surface area (Å²) < 4.78 is 0. The quantitative estimate of drug-likeness (QED) is 0.440. The van der Waals surface area contributed by atoms with E-state index in [9.17, 15) is 0 Å². The average molecular weight is 250 g/mol. The number of fused-ring (bicyclic) bond motifs is 9. The van der Waals surface area contributed by atoms with E-state index in [0.29, 0.717) is 10.9 Å². The number of hydrogen-bond acceptors (Lipinski definition) is 0. The Morgan fingerprint density at radius 3 is 2.53 bits per heavy atom. The predicted molar refractivity (Wildman–Crippen MR) is 77.7 cm³/mol. The summed E-state index contributed by atoms with van der Waals surface area (Å²) >= 11 is 0. The monoisotopic (exact) mass is 250 g/mol. The van der Waals surface area contributed by atoms with Crippen LogP contribution >= 0.6 is 10.9 Å². The minimum atomic E-state index is 0.340. The SMILES string of the molecule is C[SH](C)CCC1CC2CC1C1C3C=CC(C3)C21. The molecule has 0 aromatic carbocycles. The van der Waals surface area contributed by atoms with Crippen LogP contribution in [-0.2, 0) is 0 Å². The fourth-order valence-corrected chi connectivity index (χ4v) is 6.76. The maximum atomic E-state index is 2.58. The number of rotatable bonds is 3. The topological polar surface area (TPSA) is 0 Å². The molecule has 0 aromatic rings. The van der Waals surface area contributed by atoms with E-state index in [1.807, 2.05) is 0 Å². The molecule has 0 saturated heterocycles. The average Bonchev–Trinajstić information content (AvgIpc) is 3.03. The third-order valence-corrected chi connectivity index (χ3v) is 7.51. The zero-order valence-electron chi connectivity index (χ0n) is 11.2. The van der Waals surface area contributed by atoms with Gasteiger partial charge < -0.3 is 0 Å². The van der Waals surface area contributed by atoms with Crippen LogP contribution in [0.3, 0.4) is 0 Å². The Balaban J connectivity index is 1.50. The van der Waals surface area contributed by atoms with Crippen LogP contribution in [0.15, 0.2) is 12.2 Å². The van der Waals surface area contributed by atoms with Crippen molar-refractivity contribution in [3.63, 3.8) is 0 Å². The third kappa shape index (κ3) is 1.50. The molecule has 0 heterocycles. The van der Waals surface area contributed by atoms with Gasteiger partial charge in [0.25, 0.3) is 0 Å². The smallest absolute Gasteiger partial charge is 0.0194 e. The van der Waals surface area contributed by atoms with Crippen molar-refractivity contribution in [2.45, 2.75) is 25.7 Å². The van der Waals surface area contributed by atoms with Gasteiger partial charge in [-0.05, 0) is 85.4 Å². The Hall–Kier alpha value is 0.0900. The van der Waals surface area contributed by atoms with E-state index in [4.69, 9.17) is 0 Å². The number of hydrogen-bond donors (Lipinski definition) is 1. The summed E-state index contributed by atoms with van der Waals surface area (Å²) in [5.41, 5.74) is 0. The molecule has 3 fully saturated rings. The predicted octanol–water partition coefficient (Wildman–Crippen LogP) is 3.73. The summed E-state index contributed by atoms with van der Waals surface area (Å²) in [5.74, 6) is 9.21. The van der Waals surface area contributed by atoms with Crippen LogP contribution in [0.2, 0.25) is 0 Å². The molecule has 4 aliphatic carbocycles. The third-order valence-electron chi connectivity index (χ3n) is 6.35. The molecule has 4 bridgehead atoms. The minimum absolute atomic E-state index is 0.340. The van der Waals surface area contributed by atoms with Crippen LogP contribution in [0.25, 0.3) is 0 Å². The van der Waals surface area contributed by atoms with Crippen molar-refractivity contribution in [3.05, 3.63) is 12.2 Å². The second-order valence-corrected chi connectivity index (χ2v) is 9.96. The summed E-state index contributed by atoms with van der Waals surface area (Å²) in [4.78, 5) is 0. The van der Waals surface area contributed by atoms with E-state index >= 15 is 0 Å². The first-order valence-electron chi connectivity index (χ1n) is 7.57. The molecule has 0 nitrogen and oxygen atoms in total. The van der Waals surface area contributed by atoms with Crippen molar-refractivity contribution in [1.29, 1.82) is 0 Å². The van der Waals surface area contributed by atoms with E-state index in [-0.39, 0.29) is 0 Å². The highest BCUT2D eigenvalue weighted by atomic mass is 32.2. The second kappa shape index (κ2) is 3.79. The van der Waals surface area contributed by atoms with Crippen LogP contribution < -0.4 is 0 Å². The van der Waals surface area contributed by atoms with E-state index in [1.54, 1.807) is 19.3 Å². The molecule has 0 aliphatic heterocycles. The van der Waals surface area contributed by atoms with Gasteiger partial charge >= 0.3 is 0 Å². The highest BCUT2D eigenvalue weighted by molar-refractivity contribution is 8.15. The minimum Gasteiger partial charge on any atom is -0.259 e. The van der Waals surface area contributed by atoms with Crippen molar-refractivity contribution in [1.82, 2.24) is 0 Å². The van der Waals surface area contributed by atoms with Crippen molar-refractivity contribution >= 4 is 10.9 Å². The number of thiol groups is 1. The Labute approximate surface area is 109 Å². The Bertz CT molecular complexity index is 345. The van der Waals surface area contributed by atoms with Gasteiger partial charge in [0.15, 0.2) is 0 Å². The largest absolute Gasteiger partial charge is 0.259 e. The van der Waals surface area contributed by atoms with Gasteiger partial charge in [-0.15, -0.1) is 0 Å². The zero-order chi connectivity index (χ0) is 11.6. The fraction of sp³-hybridized carbons (Fsp3) is 0.875. The Kier molecular flexibility index (Phi) is 2.44. The second-order valence-electron chi connectivity index (χ2n) is 7.35. The van der Waals surface area contributed by atoms with Gasteiger partial charge in [0.2, 0.25) is 0 Å². The van der Waals surface area contributed by atoms with Gasteiger partial charge in [-0.3, -0.25) is 10.9 Å². The molecule has 7 unspecified atom stereocenters. The first-order chi connectivity index (χ1) is 8.24. The molecule has 0 aromatic heterocycles. The van der Waals surface area contributed by atoms with Gasteiger partial charge in [0.1, 0.15) is 0 Å². The first kappa shape index (κ1) is 11.0. The fourth-order valence-electron chi connectivity index (χ4n) is 5.91. The van der Waals surface area contributed by atoms with Crippen LogP contribution in [0.4, 0.5) is 0 Å². The molecular weight excluding hydrogens is 224 g/mol. The van der Waals surface area contributed by atoms with Crippen molar-refractivity contribution in [3.8, 4) is 0 Å². The summed E-state index contributed by atoms with van der Waals surface area (Å²) in [7, 11) is 0.340. The van der Waals surface area contributed by atoms with Gasteiger partial charge in [0.05, 0.1) is 0 Å². The maximum Gasteiger partial charge on any atom is -0.0194 e. The summed E-state index contributed by atoms with van der Waals surface area (Å²) in [5, 5.41) is 0. The highest BCUT2D eigenvalue weighted by Gasteiger charge is 2.60. The van der Waals surface area contributed by atoms with E-state index < -0.39 is 0 Å². The lowest BCUT2D eigenvalue weighted by Gasteiger charge is -2.37. The van der Waals surface area contributed by atoms with Crippen LogP contribution in [-0.4, -0.2) is 18.3 Å². The molecule has 96 valence electrons. The van der Waals surface area contributed by atoms with Crippen molar-refractivity contribution in [2.24, 2.45) is 41.4 Å². The van der Waals surface area contributed by atoms with Gasteiger partial charge in [-0.1, -0.05) is 12.2 Å². The van der Waals surface area contributed by atoms with Crippen LogP contribution in [0.1, 0.15) is 25.7 Å². The van der Waals surface area contributed by atoms with Crippen LogP contribution in [0.5, 0.6) is 0 Å². The Morgan fingerprint density at radius 2 is 1.76 bits per heavy atom. The molecule has 0 spiro atoms. The lowest BCUT2D eigenvalue weighted by atomic mass is 9.69. The standard InChI is InChI=1S/C16H26S/c1-17(2)6-5-10-7-13-9-14(10)16-12-4-3-11(8-12)15(13)16/h3-4,10-17H,5-9H2,1-2H3. The Morgan fingerprint density at radius 1 is 1.00 bits per heavy atom. The molecule has 0 amide bonds. The summed E-state index contributed by atoms with van der Waals surface area (Å²) in [6.45, 7) is 0. The molecule has 0 N–H and O–H groups in total. The van der Waals surface area contributed by atoms with Gasteiger partial charge in [0, 0.05) is 0 Å². The van der Waals surface area contributed by atoms with Gasteiger partial charge in [-0.2, -0.15) is 0 Å². The molecule has 7 atom stereocenters. The molecule has 4 rings (SSSR count). The van der Waals surface area contributed by atoms with E-state index in [1.165, 1.54) is 12.2 Å². The maximum absolute atomic E-state index is 2.58. The zero-order valence-corrected chi connectivity index (χ0v) is 12.1. The molecule has 3 saturated carbocycles. The van der Waals surface area contributed by atoms with E-state index in [0.717, 1.165) is 41.4 Å². The molecule has 17 heavy (non-hydrogen) atoms. The first-order valence-corrected chi connectivity index (χ1v) is 9.99. The van der Waals surface area contributed by atoms with Crippen LogP contribution in [0, 0.1) is 41.4 Å². The molecule has 1 heteroatoms. The molecule has 0 radical (unpaired) electrons. The normalized spacial score (nSPS) is 54.5.